The number of hydrogen-bond acceptors (Lipinski definition) is 2. The zero-order chi connectivity index (χ0) is 12.4. The van der Waals surface area contributed by atoms with Crippen LogP contribution in [0.5, 0.6) is 0 Å². The fourth-order valence-corrected chi connectivity index (χ4v) is 2.05. The molecule has 2 N–H and O–H groups in total. The van der Waals surface area contributed by atoms with Crippen LogP contribution in [0.15, 0.2) is 28.9 Å². The predicted molar refractivity (Wildman–Crippen MR) is 73.5 cm³/mol. The molecule has 2 rings (SSSR count). The summed E-state index contributed by atoms with van der Waals surface area (Å²) in [5.41, 5.74) is 10.1. The Balaban J connectivity index is 2.39. The van der Waals surface area contributed by atoms with Crippen molar-refractivity contribution in [2.75, 3.05) is 6.54 Å². The van der Waals surface area contributed by atoms with Gasteiger partial charge in [-0.2, -0.15) is 5.10 Å². The van der Waals surface area contributed by atoms with E-state index in [1.807, 2.05) is 17.7 Å². The van der Waals surface area contributed by atoms with Gasteiger partial charge in [-0.25, -0.2) is 4.68 Å². The lowest BCUT2D eigenvalue weighted by Crippen LogP contribution is -2.02. The molecule has 1 aromatic carbocycles. The summed E-state index contributed by atoms with van der Waals surface area (Å²) in [6.07, 6.45) is 2.94. The molecule has 1 heterocycles. The third-order valence-corrected chi connectivity index (χ3v) is 3.71. The molecule has 0 aliphatic carbocycles. The van der Waals surface area contributed by atoms with Crippen LogP contribution in [0.1, 0.15) is 16.8 Å². The van der Waals surface area contributed by atoms with Gasteiger partial charge in [-0.15, -0.1) is 0 Å². The molecule has 0 spiro atoms. The summed E-state index contributed by atoms with van der Waals surface area (Å²) in [4.78, 5) is 0. The molecule has 0 aliphatic heterocycles. The minimum absolute atomic E-state index is 0.659. The van der Waals surface area contributed by atoms with E-state index in [2.05, 4.69) is 46.3 Å². The molecule has 0 bridgehead atoms. The summed E-state index contributed by atoms with van der Waals surface area (Å²) in [7, 11) is 0. The van der Waals surface area contributed by atoms with Gasteiger partial charge in [-0.3, -0.25) is 0 Å². The zero-order valence-corrected chi connectivity index (χ0v) is 11.7. The molecule has 0 atom stereocenters. The highest BCUT2D eigenvalue weighted by molar-refractivity contribution is 9.10. The summed E-state index contributed by atoms with van der Waals surface area (Å²) >= 11 is 3.50. The van der Waals surface area contributed by atoms with Gasteiger partial charge in [-0.05, 0) is 56.1 Å². The first-order chi connectivity index (χ1) is 8.11. The molecule has 0 saturated carbocycles. The first kappa shape index (κ1) is 12.3. The van der Waals surface area contributed by atoms with Crippen LogP contribution in [-0.4, -0.2) is 16.3 Å². The van der Waals surface area contributed by atoms with Crippen LogP contribution in [0, 0.1) is 13.8 Å². The molecule has 0 fully saturated rings. The Bertz CT molecular complexity index is 531. The third kappa shape index (κ3) is 2.58. The van der Waals surface area contributed by atoms with Crippen LogP contribution in [0.2, 0.25) is 0 Å². The smallest absolute Gasteiger partial charge is 0.0649 e. The van der Waals surface area contributed by atoms with Crippen molar-refractivity contribution in [2.24, 2.45) is 5.73 Å². The van der Waals surface area contributed by atoms with E-state index in [1.165, 1.54) is 11.1 Å². The normalized spacial score (nSPS) is 10.8. The van der Waals surface area contributed by atoms with Crippen LogP contribution in [0.3, 0.4) is 0 Å². The van der Waals surface area contributed by atoms with E-state index in [9.17, 15) is 0 Å². The fourth-order valence-electron chi connectivity index (χ4n) is 1.80. The fraction of sp³-hybridized carbons (Fsp3) is 0.308. The first-order valence-corrected chi connectivity index (χ1v) is 6.43. The van der Waals surface area contributed by atoms with Crippen molar-refractivity contribution in [1.82, 2.24) is 9.78 Å². The Kier molecular flexibility index (Phi) is 3.64. The van der Waals surface area contributed by atoms with Crippen LogP contribution < -0.4 is 5.73 Å². The van der Waals surface area contributed by atoms with Crippen molar-refractivity contribution >= 4 is 15.9 Å². The van der Waals surface area contributed by atoms with Crippen molar-refractivity contribution in [3.05, 3.63) is 45.7 Å². The molecular formula is C13H16BrN3. The highest BCUT2D eigenvalue weighted by Crippen LogP contribution is 2.20. The van der Waals surface area contributed by atoms with Crippen LogP contribution in [-0.2, 0) is 6.42 Å². The van der Waals surface area contributed by atoms with Crippen LogP contribution in [0.25, 0.3) is 5.69 Å². The summed E-state index contributed by atoms with van der Waals surface area (Å²) in [6, 6.07) is 6.21. The maximum absolute atomic E-state index is 5.58. The number of hydrogen-bond donors (Lipinski definition) is 1. The quantitative estimate of drug-likeness (QED) is 0.946. The molecule has 0 aliphatic rings. The van der Waals surface area contributed by atoms with Crippen molar-refractivity contribution in [1.29, 1.82) is 0 Å². The lowest BCUT2D eigenvalue weighted by atomic mass is 10.2. The van der Waals surface area contributed by atoms with Gasteiger partial charge in [0.05, 0.1) is 11.4 Å². The molecule has 0 saturated heterocycles. The van der Waals surface area contributed by atoms with E-state index in [0.29, 0.717) is 6.54 Å². The highest BCUT2D eigenvalue weighted by Gasteiger charge is 2.06. The van der Waals surface area contributed by atoms with E-state index in [4.69, 9.17) is 5.73 Å². The van der Waals surface area contributed by atoms with Crippen LogP contribution >= 0.6 is 15.9 Å². The van der Waals surface area contributed by atoms with Crippen molar-refractivity contribution < 1.29 is 0 Å². The first-order valence-electron chi connectivity index (χ1n) is 5.63. The minimum atomic E-state index is 0.659. The highest BCUT2D eigenvalue weighted by atomic mass is 79.9. The number of benzene rings is 1. The monoisotopic (exact) mass is 293 g/mol. The number of rotatable bonds is 3. The number of nitrogens with zero attached hydrogens (tertiary/aromatic N) is 2. The summed E-state index contributed by atoms with van der Waals surface area (Å²) < 4.78 is 3.03. The lowest BCUT2D eigenvalue weighted by Gasteiger charge is -2.04. The Hall–Kier alpha value is -1.13. The Morgan fingerprint density at radius 1 is 1.35 bits per heavy atom. The standard InChI is InChI=1S/C13H16BrN3/c1-9-7-12(3-4-13(9)14)17-8-11(5-6-15)10(2)16-17/h3-4,7-8H,5-6,15H2,1-2H3. The van der Waals surface area contributed by atoms with Crippen molar-refractivity contribution in [3.63, 3.8) is 0 Å². The molecule has 4 heteroatoms. The molecule has 0 radical (unpaired) electrons. The summed E-state index contributed by atoms with van der Waals surface area (Å²) in [5.74, 6) is 0. The number of aryl methyl sites for hydroxylation is 2. The molecule has 1 aromatic heterocycles. The van der Waals surface area contributed by atoms with Gasteiger partial charge in [0, 0.05) is 10.7 Å². The van der Waals surface area contributed by atoms with E-state index >= 15 is 0 Å². The molecular weight excluding hydrogens is 278 g/mol. The van der Waals surface area contributed by atoms with E-state index in [-0.39, 0.29) is 0 Å². The van der Waals surface area contributed by atoms with Gasteiger partial charge in [0.2, 0.25) is 0 Å². The van der Waals surface area contributed by atoms with Gasteiger partial charge in [0.15, 0.2) is 0 Å². The molecule has 0 unspecified atom stereocenters. The minimum Gasteiger partial charge on any atom is -0.330 e. The maximum atomic E-state index is 5.58. The average Bonchev–Trinajstić information content (AvgIpc) is 2.65. The largest absolute Gasteiger partial charge is 0.330 e. The summed E-state index contributed by atoms with van der Waals surface area (Å²) in [5, 5.41) is 4.52. The van der Waals surface area contributed by atoms with E-state index < -0.39 is 0 Å². The lowest BCUT2D eigenvalue weighted by molar-refractivity contribution is 0.861. The topological polar surface area (TPSA) is 43.8 Å². The van der Waals surface area contributed by atoms with E-state index in [0.717, 1.165) is 22.3 Å². The maximum Gasteiger partial charge on any atom is 0.0649 e. The second-order valence-electron chi connectivity index (χ2n) is 4.16. The SMILES string of the molecule is Cc1cc(-n2cc(CCN)c(C)n2)ccc1Br. The third-order valence-electron chi connectivity index (χ3n) is 2.82. The van der Waals surface area contributed by atoms with Gasteiger partial charge >= 0.3 is 0 Å². The van der Waals surface area contributed by atoms with Crippen LogP contribution in [0.4, 0.5) is 0 Å². The second kappa shape index (κ2) is 5.02. The Labute approximate surface area is 110 Å². The van der Waals surface area contributed by atoms with E-state index in [1.54, 1.807) is 0 Å². The van der Waals surface area contributed by atoms with Crippen molar-refractivity contribution in [2.45, 2.75) is 20.3 Å². The molecule has 2 aromatic rings. The average molecular weight is 294 g/mol. The van der Waals surface area contributed by atoms with Crippen molar-refractivity contribution in [3.8, 4) is 5.69 Å². The molecule has 90 valence electrons. The Morgan fingerprint density at radius 3 is 2.76 bits per heavy atom. The van der Waals surface area contributed by atoms with Gasteiger partial charge < -0.3 is 5.73 Å². The number of nitrogens with two attached hydrogens (primary N) is 1. The number of halogens is 1. The summed E-state index contributed by atoms with van der Waals surface area (Å²) in [6.45, 7) is 4.75. The second-order valence-corrected chi connectivity index (χ2v) is 5.01. The van der Waals surface area contributed by atoms with Gasteiger partial charge in [0.1, 0.15) is 0 Å². The molecule has 0 amide bonds. The van der Waals surface area contributed by atoms with Gasteiger partial charge in [0.25, 0.3) is 0 Å². The Morgan fingerprint density at radius 2 is 2.12 bits per heavy atom. The van der Waals surface area contributed by atoms with Gasteiger partial charge in [-0.1, -0.05) is 15.9 Å². The molecule has 3 nitrogen and oxygen atoms in total. The zero-order valence-electron chi connectivity index (χ0n) is 10.1. The number of aromatic nitrogens is 2. The molecule has 17 heavy (non-hydrogen) atoms. The predicted octanol–water partition coefficient (Wildman–Crippen LogP) is 2.75.